The molecule has 0 radical (unpaired) electrons. The topological polar surface area (TPSA) is 21.3 Å². The zero-order valence-corrected chi connectivity index (χ0v) is 13.2. The van der Waals surface area contributed by atoms with Crippen LogP contribution in [0.2, 0.25) is 0 Å². The lowest BCUT2D eigenvalue weighted by Crippen LogP contribution is -2.59. The molecule has 108 valence electrons. The standard InChI is InChI=1S/C16H25NO.ClH/c1-15(2)10-14(11-16(3,4)17-15)18-12-13-8-6-5-7-9-13;/h5-9,14,17H,10-12H2,1-4H3;1H. The first-order chi connectivity index (χ1) is 8.36. The number of halogens is 1. The Labute approximate surface area is 123 Å². The molecule has 1 saturated heterocycles. The van der Waals surface area contributed by atoms with Crippen LogP contribution in [0.3, 0.4) is 0 Å². The zero-order chi connectivity index (χ0) is 13.2. The first-order valence-corrected chi connectivity index (χ1v) is 6.81. The molecule has 0 amide bonds. The number of benzene rings is 1. The summed E-state index contributed by atoms with van der Waals surface area (Å²) in [5.41, 5.74) is 1.57. The van der Waals surface area contributed by atoms with Gasteiger partial charge in [-0.25, -0.2) is 0 Å². The lowest BCUT2D eigenvalue weighted by Gasteiger charge is -2.46. The van der Waals surface area contributed by atoms with Crippen LogP contribution in [0.1, 0.15) is 46.1 Å². The highest BCUT2D eigenvalue weighted by Gasteiger charge is 2.37. The number of hydrogen-bond donors (Lipinski definition) is 1. The van der Waals surface area contributed by atoms with E-state index in [1.165, 1.54) is 5.56 Å². The van der Waals surface area contributed by atoms with Crippen molar-refractivity contribution in [2.45, 2.75) is 64.3 Å². The third-order valence-electron chi connectivity index (χ3n) is 3.48. The van der Waals surface area contributed by atoms with Crippen molar-refractivity contribution in [1.82, 2.24) is 5.32 Å². The first-order valence-electron chi connectivity index (χ1n) is 6.81. The van der Waals surface area contributed by atoms with E-state index in [0.29, 0.717) is 6.10 Å². The lowest BCUT2D eigenvalue weighted by atomic mass is 9.81. The van der Waals surface area contributed by atoms with E-state index in [9.17, 15) is 0 Å². The van der Waals surface area contributed by atoms with Gasteiger partial charge in [0.25, 0.3) is 0 Å². The molecule has 0 aromatic heterocycles. The second-order valence-electron chi connectivity index (χ2n) is 6.72. The van der Waals surface area contributed by atoms with Crippen molar-refractivity contribution >= 4 is 12.4 Å². The summed E-state index contributed by atoms with van der Waals surface area (Å²) >= 11 is 0. The van der Waals surface area contributed by atoms with Gasteiger partial charge < -0.3 is 10.1 Å². The van der Waals surface area contributed by atoms with Crippen LogP contribution < -0.4 is 5.32 Å². The Morgan fingerprint density at radius 2 is 1.58 bits per heavy atom. The van der Waals surface area contributed by atoms with Crippen molar-refractivity contribution in [2.75, 3.05) is 0 Å². The van der Waals surface area contributed by atoms with Gasteiger partial charge in [0.15, 0.2) is 0 Å². The van der Waals surface area contributed by atoms with E-state index in [-0.39, 0.29) is 23.5 Å². The second kappa shape index (κ2) is 6.25. The molecule has 2 rings (SSSR count). The van der Waals surface area contributed by atoms with Gasteiger partial charge >= 0.3 is 0 Å². The van der Waals surface area contributed by atoms with Gasteiger partial charge in [0, 0.05) is 11.1 Å². The molecule has 0 spiro atoms. The first kappa shape index (κ1) is 16.5. The summed E-state index contributed by atoms with van der Waals surface area (Å²) in [6.07, 6.45) is 2.49. The van der Waals surface area contributed by atoms with Gasteiger partial charge in [-0.05, 0) is 46.1 Å². The average molecular weight is 284 g/mol. The number of nitrogens with one attached hydrogen (secondary N) is 1. The minimum Gasteiger partial charge on any atom is -0.373 e. The van der Waals surface area contributed by atoms with E-state index in [1.54, 1.807) is 0 Å². The van der Waals surface area contributed by atoms with Crippen molar-refractivity contribution in [1.29, 1.82) is 0 Å². The van der Waals surface area contributed by atoms with Gasteiger partial charge in [0.05, 0.1) is 12.7 Å². The van der Waals surface area contributed by atoms with Gasteiger partial charge in [0.2, 0.25) is 0 Å². The van der Waals surface area contributed by atoms with Crippen LogP contribution >= 0.6 is 12.4 Å². The third-order valence-corrected chi connectivity index (χ3v) is 3.48. The molecule has 3 heteroatoms. The molecule has 0 atom stereocenters. The van der Waals surface area contributed by atoms with E-state index in [2.05, 4.69) is 57.3 Å². The predicted molar refractivity (Wildman–Crippen MR) is 82.8 cm³/mol. The van der Waals surface area contributed by atoms with Crippen molar-refractivity contribution in [3.63, 3.8) is 0 Å². The Morgan fingerprint density at radius 3 is 2.11 bits per heavy atom. The fourth-order valence-electron chi connectivity index (χ4n) is 3.13. The molecule has 1 aromatic carbocycles. The minimum absolute atomic E-state index is 0. The Morgan fingerprint density at radius 1 is 1.05 bits per heavy atom. The molecule has 2 nitrogen and oxygen atoms in total. The Bertz CT molecular complexity index is 373. The Hall–Kier alpha value is -0.570. The van der Waals surface area contributed by atoms with Crippen LogP contribution in [0.25, 0.3) is 0 Å². The molecule has 1 aliphatic rings. The molecule has 1 fully saturated rings. The van der Waals surface area contributed by atoms with Crippen molar-refractivity contribution in [3.05, 3.63) is 35.9 Å². The zero-order valence-electron chi connectivity index (χ0n) is 12.4. The van der Waals surface area contributed by atoms with Gasteiger partial charge in [-0.3, -0.25) is 0 Å². The monoisotopic (exact) mass is 283 g/mol. The van der Waals surface area contributed by atoms with Gasteiger partial charge in [0.1, 0.15) is 0 Å². The van der Waals surface area contributed by atoms with E-state index >= 15 is 0 Å². The molecule has 1 aromatic rings. The summed E-state index contributed by atoms with van der Waals surface area (Å²) in [6.45, 7) is 9.75. The van der Waals surface area contributed by atoms with Crippen LogP contribution in [-0.2, 0) is 11.3 Å². The lowest BCUT2D eigenvalue weighted by molar-refractivity contribution is -0.0303. The molecule has 0 aliphatic carbocycles. The Balaban J connectivity index is 0.00000180. The summed E-state index contributed by atoms with van der Waals surface area (Å²) in [5.74, 6) is 0. The van der Waals surface area contributed by atoms with Crippen molar-refractivity contribution in [3.8, 4) is 0 Å². The minimum atomic E-state index is 0. The van der Waals surface area contributed by atoms with E-state index < -0.39 is 0 Å². The maximum Gasteiger partial charge on any atom is 0.0720 e. The van der Waals surface area contributed by atoms with E-state index in [1.807, 2.05) is 6.07 Å². The quantitative estimate of drug-likeness (QED) is 0.907. The maximum atomic E-state index is 6.10. The van der Waals surface area contributed by atoms with Crippen molar-refractivity contribution in [2.24, 2.45) is 0 Å². The SMILES string of the molecule is CC1(C)CC(OCc2ccccc2)CC(C)(C)N1.Cl. The van der Waals surface area contributed by atoms with E-state index in [0.717, 1.165) is 19.4 Å². The van der Waals surface area contributed by atoms with Gasteiger partial charge in [-0.15, -0.1) is 12.4 Å². The number of ether oxygens (including phenoxy) is 1. The van der Waals surface area contributed by atoms with E-state index in [4.69, 9.17) is 4.74 Å². The van der Waals surface area contributed by atoms with Crippen molar-refractivity contribution < 1.29 is 4.74 Å². The highest BCUT2D eigenvalue weighted by molar-refractivity contribution is 5.85. The summed E-state index contributed by atoms with van der Waals surface area (Å²) in [7, 11) is 0. The molecule has 0 unspecified atom stereocenters. The van der Waals surface area contributed by atoms with Crippen LogP contribution in [0.15, 0.2) is 30.3 Å². The normalized spacial score (nSPS) is 21.7. The van der Waals surface area contributed by atoms with Crippen LogP contribution in [0.4, 0.5) is 0 Å². The maximum absolute atomic E-state index is 6.10. The molecular weight excluding hydrogens is 258 g/mol. The third kappa shape index (κ3) is 5.13. The smallest absolute Gasteiger partial charge is 0.0720 e. The van der Waals surface area contributed by atoms with Crippen LogP contribution in [0, 0.1) is 0 Å². The largest absolute Gasteiger partial charge is 0.373 e. The average Bonchev–Trinajstić information content (AvgIpc) is 2.24. The summed E-state index contributed by atoms with van der Waals surface area (Å²) in [5, 5.41) is 3.68. The number of rotatable bonds is 3. The predicted octanol–water partition coefficient (Wildman–Crippen LogP) is 3.93. The van der Waals surface area contributed by atoms with Crippen LogP contribution in [-0.4, -0.2) is 17.2 Å². The molecule has 1 N–H and O–H groups in total. The fourth-order valence-corrected chi connectivity index (χ4v) is 3.13. The molecule has 1 aliphatic heterocycles. The molecular formula is C16H26ClNO. The highest BCUT2D eigenvalue weighted by atomic mass is 35.5. The van der Waals surface area contributed by atoms with Gasteiger partial charge in [-0.2, -0.15) is 0 Å². The molecule has 0 bridgehead atoms. The molecule has 0 saturated carbocycles. The van der Waals surface area contributed by atoms with Crippen LogP contribution in [0.5, 0.6) is 0 Å². The highest BCUT2D eigenvalue weighted by Crippen LogP contribution is 2.30. The Kier molecular flexibility index (Phi) is 5.43. The molecule has 19 heavy (non-hydrogen) atoms. The number of piperidine rings is 1. The number of hydrogen-bond acceptors (Lipinski definition) is 2. The second-order valence-corrected chi connectivity index (χ2v) is 6.72. The summed E-state index contributed by atoms with van der Waals surface area (Å²) in [6, 6.07) is 10.4. The van der Waals surface area contributed by atoms with Gasteiger partial charge in [-0.1, -0.05) is 30.3 Å². The molecule has 1 heterocycles. The summed E-state index contributed by atoms with van der Waals surface area (Å²) in [4.78, 5) is 0. The summed E-state index contributed by atoms with van der Waals surface area (Å²) < 4.78 is 6.10. The fraction of sp³-hybridized carbons (Fsp3) is 0.625.